The molecule has 0 bridgehead atoms. The number of carboxylic acids is 3. The molecule has 0 aliphatic rings. The Bertz CT molecular complexity index is 834. The number of urea groups is 1. The van der Waals surface area contributed by atoms with E-state index in [1.807, 2.05) is 5.32 Å². The Kier molecular flexibility index (Phi) is 10.5. The smallest absolute Gasteiger partial charge is 0.342 e. The Morgan fingerprint density at radius 1 is 1.03 bits per heavy atom. The van der Waals surface area contributed by atoms with Crippen LogP contribution in [0.5, 0.6) is 0 Å². The van der Waals surface area contributed by atoms with E-state index in [9.17, 15) is 38.7 Å². The van der Waals surface area contributed by atoms with E-state index in [2.05, 4.69) is 10.3 Å². The summed E-state index contributed by atoms with van der Waals surface area (Å²) < 4.78 is 12.7. The summed E-state index contributed by atoms with van der Waals surface area (Å²) in [6.45, 7) is 0.121. The molecule has 14 heteroatoms. The van der Waals surface area contributed by atoms with Crippen molar-refractivity contribution in [1.29, 1.82) is 0 Å². The van der Waals surface area contributed by atoms with E-state index in [4.69, 9.17) is 10.2 Å². The predicted molar refractivity (Wildman–Crippen MR) is 102 cm³/mol. The number of halogens is 1. The number of carbonyl (C=O) groups excluding carboxylic acids is 2. The minimum Gasteiger partial charge on any atom is -0.481 e. The number of hydrogen-bond donors (Lipinski definition) is 6. The van der Waals surface area contributed by atoms with Crippen LogP contribution in [0.4, 0.5) is 9.18 Å². The maximum atomic E-state index is 12.7. The molecule has 13 nitrogen and oxygen atoms in total. The maximum Gasteiger partial charge on any atom is 0.342 e. The lowest BCUT2D eigenvalue weighted by atomic mass is 10.1. The fourth-order valence-electron chi connectivity index (χ4n) is 2.51. The Balaban J connectivity index is 2.51. The molecule has 3 amide bonds. The number of aliphatic carboxylic acids is 3. The second-order valence-electron chi connectivity index (χ2n) is 6.59. The van der Waals surface area contributed by atoms with Crippen molar-refractivity contribution < 1.29 is 48.9 Å². The summed E-state index contributed by atoms with van der Waals surface area (Å²) in [6, 6.07) is -2.50. The molecular weight excluding hydrogens is 435 g/mol. The van der Waals surface area contributed by atoms with Gasteiger partial charge in [0, 0.05) is 19.2 Å². The molecule has 0 unspecified atom stereocenters. The molecule has 0 spiro atoms. The van der Waals surface area contributed by atoms with Crippen LogP contribution in [0.1, 0.15) is 42.5 Å². The lowest BCUT2D eigenvalue weighted by Gasteiger charge is -2.24. The van der Waals surface area contributed by atoms with Crippen LogP contribution in [0.3, 0.4) is 0 Å². The van der Waals surface area contributed by atoms with Gasteiger partial charge in [0.1, 0.15) is 6.04 Å². The van der Waals surface area contributed by atoms with Gasteiger partial charge in [0.2, 0.25) is 5.95 Å². The van der Waals surface area contributed by atoms with Crippen molar-refractivity contribution in [3.63, 3.8) is 0 Å². The molecule has 0 radical (unpaired) electrons. The first-order chi connectivity index (χ1) is 15.0. The molecule has 0 aliphatic heterocycles. The standard InChI is InChI=1S/C18H23FN4O9/c19-13-6-4-10(9-21-13)15(26)20-8-2-1-3-12(17(29)30)23(32)18(31)22-11(16(27)28)5-7-14(24)25/h4,6,9,11-12,32H,1-3,5,7-8H2,(H,20,26)(H,22,31)(H,24,25)(H,27,28)(H,29,30)/t11-,12-/m0/s1. The lowest BCUT2D eigenvalue weighted by Crippen LogP contribution is -2.52. The van der Waals surface area contributed by atoms with Crippen LogP contribution in [-0.2, 0) is 14.4 Å². The van der Waals surface area contributed by atoms with Crippen molar-refractivity contribution in [3.05, 3.63) is 29.8 Å². The van der Waals surface area contributed by atoms with Crippen LogP contribution in [0.2, 0.25) is 0 Å². The van der Waals surface area contributed by atoms with Crippen molar-refractivity contribution in [2.45, 2.75) is 44.2 Å². The van der Waals surface area contributed by atoms with E-state index < -0.39 is 60.7 Å². The number of nitrogens with zero attached hydrogens (tertiary/aromatic N) is 2. The topological polar surface area (TPSA) is 206 Å². The molecule has 6 N–H and O–H groups in total. The molecule has 0 fully saturated rings. The fourth-order valence-corrected chi connectivity index (χ4v) is 2.51. The number of pyridine rings is 1. The molecule has 0 aliphatic carbocycles. The summed E-state index contributed by atoms with van der Waals surface area (Å²) in [7, 11) is 0. The maximum absolute atomic E-state index is 12.7. The van der Waals surface area contributed by atoms with Gasteiger partial charge in [-0.1, -0.05) is 0 Å². The highest BCUT2D eigenvalue weighted by Crippen LogP contribution is 2.09. The highest BCUT2D eigenvalue weighted by atomic mass is 19.1. The Hall–Kier alpha value is -3.81. The highest BCUT2D eigenvalue weighted by molar-refractivity contribution is 5.93. The molecule has 0 saturated heterocycles. The van der Waals surface area contributed by atoms with Gasteiger partial charge in [0.05, 0.1) is 5.56 Å². The van der Waals surface area contributed by atoms with Crippen LogP contribution < -0.4 is 10.6 Å². The van der Waals surface area contributed by atoms with Crippen LogP contribution >= 0.6 is 0 Å². The first kappa shape index (κ1) is 26.2. The number of nitrogens with one attached hydrogen (secondary N) is 2. The molecule has 1 aromatic heterocycles. The molecule has 0 saturated carbocycles. The van der Waals surface area contributed by atoms with E-state index in [0.29, 0.717) is 0 Å². The van der Waals surface area contributed by atoms with E-state index in [0.717, 1.165) is 12.3 Å². The van der Waals surface area contributed by atoms with Crippen molar-refractivity contribution >= 4 is 29.8 Å². The molecule has 0 aromatic carbocycles. The van der Waals surface area contributed by atoms with Gasteiger partial charge < -0.3 is 26.0 Å². The van der Waals surface area contributed by atoms with Gasteiger partial charge in [-0.05, 0) is 37.8 Å². The molecule has 2 atom stereocenters. The van der Waals surface area contributed by atoms with Gasteiger partial charge in [0.25, 0.3) is 5.91 Å². The Morgan fingerprint density at radius 2 is 1.72 bits per heavy atom. The number of hydroxylamine groups is 2. The summed E-state index contributed by atoms with van der Waals surface area (Å²) >= 11 is 0. The monoisotopic (exact) mass is 458 g/mol. The summed E-state index contributed by atoms with van der Waals surface area (Å²) in [6.07, 6.45) is 0.227. The average molecular weight is 458 g/mol. The third-order valence-electron chi connectivity index (χ3n) is 4.21. The first-order valence-electron chi connectivity index (χ1n) is 9.38. The zero-order valence-corrected chi connectivity index (χ0v) is 16.7. The van der Waals surface area contributed by atoms with Crippen LogP contribution in [-0.4, -0.2) is 79.0 Å². The third kappa shape index (κ3) is 8.91. The average Bonchev–Trinajstić information content (AvgIpc) is 2.72. The van der Waals surface area contributed by atoms with Crippen LogP contribution in [0.15, 0.2) is 18.3 Å². The predicted octanol–water partition coefficient (Wildman–Crippen LogP) is 0.293. The fraction of sp³-hybridized carbons (Fsp3) is 0.444. The van der Waals surface area contributed by atoms with Crippen LogP contribution in [0.25, 0.3) is 0 Å². The number of rotatable bonds is 13. The lowest BCUT2D eigenvalue weighted by molar-refractivity contribution is -0.157. The van der Waals surface area contributed by atoms with Crippen molar-refractivity contribution in [2.75, 3.05) is 6.54 Å². The number of aromatic nitrogens is 1. The van der Waals surface area contributed by atoms with E-state index >= 15 is 0 Å². The molecule has 1 aromatic rings. The van der Waals surface area contributed by atoms with Crippen molar-refractivity contribution in [3.8, 4) is 0 Å². The SMILES string of the molecule is O=C(O)CC[C@H](NC(=O)N(O)[C@@H](CCCCNC(=O)c1ccc(F)nc1)C(=O)O)C(=O)O. The third-order valence-corrected chi connectivity index (χ3v) is 4.21. The van der Waals surface area contributed by atoms with Gasteiger partial charge in [-0.25, -0.2) is 19.4 Å². The van der Waals surface area contributed by atoms with E-state index in [1.54, 1.807) is 0 Å². The molecular formula is C18H23FN4O9. The Labute approximate surface area is 180 Å². The molecule has 1 heterocycles. The second kappa shape index (κ2) is 12.8. The highest BCUT2D eigenvalue weighted by Gasteiger charge is 2.31. The summed E-state index contributed by atoms with van der Waals surface area (Å²) in [5.41, 5.74) is 0.129. The van der Waals surface area contributed by atoms with Crippen molar-refractivity contribution in [2.24, 2.45) is 0 Å². The number of unbranched alkanes of at least 4 members (excludes halogenated alkanes) is 1. The summed E-state index contributed by atoms with van der Waals surface area (Å²) in [4.78, 5) is 60.3. The van der Waals surface area contributed by atoms with E-state index in [1.165, 1.54) is 6.07 Å². The summed E-state index contributed by atoms with van der Waals surface area (Å²) in [5.74, 6) is -5.65. The van der Waals surface area contributed by atoms with Crippen molar-refractivity contribution in [1.82, 2.24) is 20.7 Å². The second-order valence-corrected chi connectivity index (χ2v) is 6.59. The molecule has 32 heavy (non-hydrogen) atoms. The summed E-state index contributed by atoms with van der Waals surface area (Å²) in [5, 5.41) is 41.0. The van der Waals surface area contributed by atoms with Gasteiger partial charge in [0.15, 0.2) is 6.04 Å². The van der Waals surface area contributed by atoms with Gasteiger partial charge in [-0.15, -0.1) is 0 Å². The Morgan fingerprint density at radius 3 is 2.25 bits per heavy atom. The molecule has 1 rings (SSSR count). The number of carbonyl (C=O) groups is 5. The van der Waals surface area contributed by atoms with E-state index in [-0.39, 0.29) is 36.4 Å². The minimum atomic E-state index is -1.71. The first-order valence-corrected chi connectivity index (χ1v) is 9.38. The largest absolute Gasteiger partial charge is 0.481 e. The molecule has 176 valence electrons. The zero-order chi connectivity index (χ0) is 24.3. The number of hydrogen-bond acceptors (Lipinski definition) is 7. The minimum absolute atomic E-state index is 0.121. The van der Waals surface area contributed by atoms with Crippen LogP contribution in [0, 0.1) is 5.95 Å². The zero-order valence-electron chi connectivity index (χ0n) is 16.7. The quantitative estimate of drug-likeness (QED) is 0.103. The number of carboxylic acid groups (broad SMARTS) is 3. The normalized spacial score (nSPS) is 12.3. The van der Waals surface area contributed by atoms with Gasteiger partial charge >= 0.3 is 23.9 Å². The van der Waals surface area contributed by atoms with Gasteiger partial charge in [-0.2, -0.15) is 9.45 Å². The number of amides is 3. The van der Waals surface area contributed by atoms with Gasteiger partial charge in [-0.3, -0.25) is 14.8 Å².